The molecule has 0 bridgehead atoms. The van der Waals surface area contributed by atoms with E-state index in [2.05, 4.69) is 10.2 Å². The number of aryl methyl sites for hydroxylation is 1. The van der Waals surface area contributed by atoms with Crippen molar-refractivity contribution < 1.29 is 4.79 Å². The third-order valence-electron chi connectivity index (χ3n) is 3.19. The van der Waals surface area contributed by atoms with E-state index in [0.717, 1.165) is 17.8 Å². The van der Waals surface area contributed by atoms with E-state index in [1.165, 1.54) is 10.6 Å². The number of benzene rings is 1. The Hall–Kier alpha value is -2.40. The van der Waals surface area contributed by atoms with Crippen LogP contribution in [-0.4, -0.2) is 29.5 Å². The molecule has 0 saturated heterocycles. The third kappa shape index (κ3) is 4.86. The maximum Gasteiger partial charge on any atom is 0.250 e. The molecule has 1 heterocycles. The van der Waals surface area contributed by atoms with Crippen LogP contribution in [0.2, 0.25) is 0 Å². The zero-order valence-corrected chi connectivity index (χ0v) is 13.0. The van der Waals surface area contributed by atoms with Crippen LogP contribution in [0.1, 0.15) is 12.0 Å². The van der Waals surface area contributed by atoms with Crippen molar-refractivity contribution in [3.63, 3.8) is 0 Å². The van der Waals surface area contributed by atoms with Crippen LogP contribution < -0.4 is 10.9 Å². The van der Waals surface area contributed by atoms with Crippen LogP contribution in [0.25, 0.3) is 0 Å². The maximum atomic E-state index is 12.0. The predicted octanol–water partition coefficient (Wildman–Crippen LogP) is 1.94. The zero-order chi connectivity index (χ0) is 15.9. The highest BCUT2D eigenvalue weighted by Gasteiger charge is 2.04. The summed E-state index contributed by atoms with van der Waals surface area (Å²) in [7, 11) is 4.01. The Balaban J connectivity index is 1.92. The molecule has 1 aromatic heterocycles. The number of hydrogen-bond acceptors (Lipinski definition) is 3. The molecule has 5 heteroatoms. The quantitative estimate of drug-likeness (QED) is 0.887. The van der Waals surface area contributed by atoms with Crippen molar-refractivity contribution in [2.24, 2.45) is 0 Å². The van der Waals surface area contributed by atoms with Crippen LogP contribution >= 0.6 is 0 Å². The number of anilines is 1. The second-order valence-corrected chi connectivity index (χ2v) is 5.47. The molecule has 1 N–H and O–H groups in total. The minimum Gasteiger partial charge on any atom is -0.326 e. The highest BCUT2D eigenvalue weighted by molar-refractivity contribution is 5.90. The number of carbonyl (C=O) groups excluding carboxylic acids is 1. The van der Waals surface area contributed by atoms with Gasteiger partial charge in [-0.15, -0.1) is 0 Å². The van der Waals surface area contributed by atoms with E-state index in [9.17, 15) is 9.59 Å². The maximum absolute atomic E-state index is 12.0. The van der Waals surface area contributed by atoms with Crippen LogP contribution in [0.5, 0.6) is 0 Å². The van der Waals surface area contributed by atoms with E-state index < -0.39 is 0 Å². The first-order chi connectivity index (χ1) is 10.5. The Morgan fingerprint density at radius 1 is 1.18 bits per heavy atom. The van der Waals surface area contributed by atoms with Crippen molar-refractivity contribution in [1.82, 2.24) is 9.47 Å². The smallest absolute Gasteiger partial charge is 0.250 e. The van der Waals surface area contributed by atoms with Crippen LogP contribution in [0.4, 0.5) is 5.69 Å². The Morgan fingerprint density at radius 3 is 2.73 bits per heavy atom. The zero-order valence-electron chi connectivity index (χ0n) is 13.0. The standard InChI is InChI=1S/C17H21N3O2/c1-19(2)13-14-6-5-7-15(12-14)18-16(21)9-11-20-10-4-3-8-17(20)22/h3-8,10,12H,9,11,13H2,1-2H3,(H,18,21). The SMILES string of the molecule is CN(C)Cc1cccc(NC(=O)CCn2ccccc2=O)c1. The third-order valence-corrected chi connectivity index (χ3v) is 3.19. The first-order valence-electron chi connectivity index (χ1n) is 7.23. The van der Waals surface area contributed by atoms with Gasteiger partial charge in [0.25, 0.3) is 5.56 Å². The molecule has 0 saturated carbocycles. The Bertz CT molecular complexity index is 692. The first-order valence-corrected chi connectivity index (χ1v) is 7.23. The first kappa shape index (κ1) is 16.0. The van der Waals surface area contributed by atoms with Gasteiger partial charge in [-0.25, -0.2) is 0 Å². The second-order valence-electron chi connectivity index (χ2n) is 5.47. The van der Waals surface area contributed by atoms with Gasteiger partial charge in [0, 0.05) is 37.5 Å². The van der Waals surface area contributed by atoms with Gasteiger partial charge < -0.3 is 14.8 Å². The highest BCUT2D eigenvalue weighted by atomic mass is 16.1. The second kappa shape index (κ2) is 7.56. The molecule has 0 unspecified atom stereocenters. The van der Waals surface area contributed by atoms with Gasteiger partial charge in [-0.1, -0.05) is 18.2 Å². The summed E-state index contributed by atoms with van der Waals surface area (Å²) in [6.07, 6.45) is 1.95. The number of hydrogen-bond donors (Lipinski definition) is 1. The van der Waals surface area contributed by atoms with Crippen LogP contribution in [0.15, 0.2) is 53.5 Å². The normalized spacial score (nSPS) is 10.7. The Morgan fingerprint density at radius 2 is 2.00 bits per heavy atom. The van der Waals surface area contributed by atoms with Crippen LogP contribution in [0, 0.1) is 0 Å². The van der Waals surface area contributed by atoms with E-state index in [0.29, 0.717) is 6.54 Å². The van der Waals surface area contributed by atoms with Crippen molar-refractivity contribution in [2.75, 3.05) is 19.4 Å². The molecule has 0 aliphatic carbocycles. The summed E-state index contributed by atoms with van der Waals surface area (Å²) in [5, 5.41) is 2.87. The number of carbonyl (C=O) groups is 1. The van der Waals surface area contributed by atoms with E-state index in [4.69, 9.17) is 0 Å². The predicted molar refractivity (Wildman–Crippen MR) is 87.8 cm³/mol. The van der Waals surface area contributed by atoms with Gasteiger partial charge in [0.1, 0.15) is 0 Å². The summed E-state index contributed by atoms with van der Waals surface area (Å²) in [5.74, 6) is -0.0993. The van der Waals surface area contributed by atoms with E-state index in [-0.39, 0.29) is 17.9 Å². The fourth-order valence-corrected chi connectivity index (χ4v) is 2.20. The lowest BCUT2D eigenvalue weighted by atomic mass is 10.2. The van der Waals surface area contributed by atoms with E-state index in [1.54, 1.807) is 18.3 Å². The summed E-state index contributed by atoms with van der Waals surface area (Å²) in [6, 6.07) is 12.7. The number of nitrogens with one attached hydrogen (secondary N) is 1. The van der Waals surface area contributed by atoms with Crippen molar-refractivity contribution in [2.45, 2.75) is 19.5 Å². The van der Waals surface area contributed by atoms with Crippen LogP contribution in [0.3, 0.4) is 0 Å². The minimum atomic E-state index is -0.0993. The van der Waals surface area contributed by atoms with Crippen molar-refractivity contribution in [3.8, 4) is 0 Å². The van der Waals surface area contributed by atoms with Gasteiger partial charge in [-0.2, -0.15) is 0 Å². The molecule has 0 aliphatic rings. The summed E-state index contributed by atoms with van der Waals surface area (Å²) >= 11 is 0. The summed E-state index contributed by atoms with van der Waals surface area (Å²) < 4.78 is 1.53. The minimum absolute atomic E-state index is 0.0942. The molecule has 0 fully saturated rings. The molecular weight excluding hydrogens is 278 g/mol. The van der Waals surface area contributed by atoms with Gasteiger partial charge in [-0.3, -0.25) is 9.59 Å². The molecule has 2 rings (SSSR count). The highest BCUT2D eigenvalue weighted by Crippen LogP contribution is 2.12. The summed E-state index contributed by atoms with van der Waals surface area (Å²) in [5.41, 5.74) is 1.83. The average molecular weight is 299 g/mol. The molecule has 0 spiro atoms. The fraction of sp³-hybridized carbons (Fsp3) is 0.294. The number of pyridine rings is 1. The number of aromatic nitrogens is 1. The van der Waals surface area contributed by atoms with Crippen molar-refractivity contribution in [3.05, 3.63) is 64.6 Å². The van der Waals surface area contributed by atoms with Crippen molar-refractivity contribution >= 4 is 11.6 Å². The van der Waals surface area contributed by atoms with Crippen molar-refractivity contribution in [1.29, 1.82) is 0 Å². The number of nitrogens with zero attached hydrogens (tertiary/aromatic N) is 2. The number of amides is 1. The molecular formula is C17H21N3O2. The number of rotatable bonds is 6. The van der Waals surface area contributed by atoms with Gasteiger partial charge in [0.2, 0.25) is 5.91 Å². The molecule has 1 aromatic carbocycles. The topological polar surface area (TPSA) is 54.3 Å². The molecule has 0 radical (unpaired) electrons. The van der Waals surface area contributed by atoms with E-state index in [1.807, 2.05) is 38.4 Å². The lowest BCUT2D eigenvalue weighted by molar-refractivity contribution is -0.116. The van der Waals surface area contributed by atoms with Gasteiger partial charge in [0.15, 0.2) is 0 Å². The molecule has 0 aliphatic heterocycles. The molecule has 2 aromatic rings. The lowest BCUT2D eigenvalue weighted by Crippen LogP contribution is -2.21. The summed E-state index contributed by atoms with van der Waals surface area (Å²) in [6.45, 7) is 1.20. The Kier molecular flexibility index (Phi) is 5.49. The van der Waals surface area contributed by atoms with Gasteiger partial charge >= 0.3 is 0 Å². The van der Waals surface area contributed by atoms with E-state index >= 15 is 0 Å². The van der Waals surface area contributed by atoms with Gasteiger partial charge in [0.05, 0.1) is 0 Å². The largest absolute Gasteiger partial charge is 0.326 e. The Labute approximate surface area is 130 Å². The average Bonchev–Trinajstić information content (AvgIpc) is 2.46. The molecule has 1 amide bonds. The monoisotopic (exact) mass is 299 g/mol. The molecule has 5 nitrogen and oxygen atoms in total. The lowest BCUT2D eigenvalue weighted by Gasteiger charge is -2.11. The van der Waals surface area contributed by atoms with Gasteiger partial charge in [-0.05, 0) is 37.9 Å². The van der Waals surface area contributed by atoms with Crippen LogP contribution in [-0.2, 0) is 17.9 Å². The molecule has 0 atom stereocenters. The summed E-state index contributed by atoms with van der Waals surface area (Å²) in [4.78, 5) is 25.6. The molecule has 22 heavy (non-hydrogen) atoms. The molecule has 116 valence electrons. The fourth-order valence-electron chi connectivity index (χ4n) is 2.20.